The van der Waals surface area contributed by atoms with Gasteiger partial charge in [-0.05, 0) is 37.1 Å². The molecule has 0 aromatic heterocycles. The number of carbonyl (C=O) groups is 1. The molecule has 0 aliphatic heterocycles. The lowest BCUT2D eigenvalue weighted by atomic mass is 10.1. The normalized spacial score (nSPS) is 9.58. The van der Waals surface area contributed by atoms with E-state index in [4.69, 9.17) is 0 Å². The Morgan fingerprint density at radius 1 is 1.33 bits per heavy atom. The first-order chi connectivity index (χ1) is 5.65. The van der Waals surface area contributed by atoms with Crippen molar-refractivity contribution in [3.63, 3.8) is 0 Å². The molecule has 1 N–H and O–H groups in total. The average Bonchev–Trinajstić information content (AvgIpc) is 2.08. The highest BCUT2D eigenvalue weighted by Gasteiger charge is 2.03. The van der Waals surface area contributed by atoms with Gasteiger partial charge in [0.05, 0.1) is 0 Å². The van der Waals surface area contributed by atoms with Gasteiger partial charge >= 0.3 is 0 Å². The summed E-state index contributed by atoms with van der Waals surface area (Å²) >= 11 is 3.69. The Bertz CT molecular complexity index is 309. The van der Waals surface area contributed by atoms with E-state index < -0.39 is 0 Å². The summed E-state index contributed by atoms with van der Waals surface area (Å²) in [6, 6.07) is 5.56. The largest absolute Gasteiger partial charge is 0.299 e. The summed E-state index contributed by atoms with van der Waals surface area (Å²) in [5, 5.41) is 0. The van der Waals surface area contributed by atoms with Crippen LogP contribution in [0.3, 0.4) is 0 Å². The molecule has 0 fully saturated rings. The lowest BCUT2D eigenvalue weighted by Crippen LogP contribution is -2.12. The molecule has 0 aliphatic rings. The number of hydrogen-bond acceptors (Lipinski definition) is 2. The van der Waals surface area contributed by atoms with E-state index in [1.165, 1.54) is 5.56 Å². The fourth-order valence-corrected chi connectivity index (χ4v) is 1.08. The first-order valence-electron chi connectivity index (χ1n) is 3.67. The Kier molecular flexibility index (Phi) is 2.76. The van der Waals surface area contributed by atoms with Crippen molar-refractivity contribution < 1.29 is 4.79 Å². The van der Waals surface area contributed by atoms with E-state index in [1.807, 2.05) is 26.0 Å². The number of carbonyl (C=O) groups excluding carboxylic acids is 1. The number of nitrogens with one attached hydrogen (secondary N) is 1. The molecule has 0 aliphatic carbocycles. The number of thiol groups is 1. The highest BCUT2D eigenvalue weighted by atomic mass is 32.1. The number of benzene rings is 1. The average molecular weight is 181 g/mol. The maximum absolute atomic E-state index is 11.1. The predicted octanol–water partition coefficient (Wildman–Crippen LogP) is 1.88. The predicted molar refractivity (Wildman–Crippen MR) is 52.4 cm³/mol. The second-order valence-electron chi connectivity index (χ2n) is 2.74. The molecular weight excluding hydrogens is 170 g/mol. The van der Waals surface area contributed by atoms with Crippen LogP contribution in [-0.2, 0) is 0 Å². The van der Waals surface area contributed by atoms with Gasteiger partial charge in [-0.3, -0.25) is 9.52 Å². The molecule has 0 unspecified atom stereocenters. The van der Waals surface area contributed by atoms with Crippen LogP contribution in [0, 0.1) is 13.8 Å². The van der Waals surface area contributed by atoms with Crippen LogP contribution in [0.2, 0.25) is 0 Å². The topological polar surface area (TPSA) is 29.1 Å². The molecule has 0 heterocycles. The molecule has 0 saturated heterocycles. The molecule has 1 aromatic rings. The number of aryl methyl sites for hydroxylation is 2. The zero-order chi connectivity index (χ0) is 9.14. The van der Waals surface area contributed by atoms with Crippen LogP contribution in [0.5, 0.6) is 0 Å². The molecule has 0 radical (unpaired) electrons. The van der Waals surface area contributed by atoms with E-state index in [9.17, 15) is 4.79 Å². The summed E-state index contributed by atoms with van der Waals surface area (Å²) in [4.78, 5) is 11.1. The van der Waals surface area contributed by atoms with Crippen LogP contribution in [0.1, 0.15) is 21.5 Å². The van der Waals surface area contributed by atoms with Crippen LogP contribution < -0.4 is 4.72 Å². The summed E-state index contributed by atoms with van der Waals surface area (Å²) in [5.41, 5.74) is 2.95. The molecule has 0 spiro atoms. The van der Waals surface area contributed by atoms with Gasteiger partial charge < -0.3 is 0 Å². The SMILES string of the molecule is Cc1ccc(C(=O)NS)cc1C. The number of rotatable bonds is 1. The van der Waals surface area contributed by atoms with Crippen molar-refractivity contribution >= 4 is 18.7 Å². The van der Waals surface area contributed by atoms with Gasteiger partial charge in [0.2, 0.25) is 0 Å². The van der Waals surface area contributed by atoms with E-state index >= 15 is 0 Å². The van der Waals surface area contributed by atoms with Crippen LogP contribution in [0.4, 0.5) is 0 Å². The van der Waals surface area contributed by atoms with Crippen molar-refractivity contribution in [1.82, 2.24) is 4.72 Å². The lowest BCUT2D eigenvalue weighted by molar-refractivity contribution is 0.0985. The van der Waals surface area contributed by atoms with Crippen molar-refractivity contribution in [2.75, 3.05) is 0 Å². The van der Waals surface area contributed by atoms with Gasteiger partial charge in [0.25, 0.3) is 5.91 Å². The Balaban J connectivity index is 3.05. The van der Waals surface area contributed by atoms with Gasteiger partial charge in [0.15, 0.2) is 0 Å². The first kappa shape index (κ1) is 9.13. The molecule has 1 rings (SSSR count). The number of amides is 1. The Morgan fingerprint density at radius 3 is 2.50 bits per heavy atom. The molecule has 0 atom stereocenters. The van der Waals surface area contributed by atoms with Crippen LogP contribution in [0.15, 0.2) is 18.2 Å². The van der Waals surface area contributed by atoms with Crippen molar-refractivity contribution in [2.45, 2.75) is 13.8 Å². The van der Waals surface area contributed by atoms with E-state index in [2.05, 4.69) is 17.5 Å². The van der Waals surface area contributed by atoms with Crippen molar-refractivity contribution in [3.05, 3.63) is 34.9 Å². The van der Waals surface area contributed by atoms with E-state index in [-0.39, 0.29) is 5.91 Å². The highest BCUT2D eigenvalue weighted by Crippen LogP contribution is 2.09. The summed E-state index contributed by atoms with van der Waals surface area (Å²) < 4.78 is 2.28. The molecule has 1 amide bonds. The Morgan fingerprint density at radius 2 is 2.00 bits per heavy atom. The highest BCUT2D eigenvalue weighted by molar-refractivity contribution is 7.78. The molecule has 1 aromatic carbocycles. The van der Waals surface area contributed by atoms with Gasteiger partial charge in [-0.2, -0.15) is 0 Å². The van der Waals surface area contributed by atoms with Gasteiger partial charge in [0.1, 0.15) is 0 Å². The van der Waals surface area contributed by atoms with E-state index in [0.717, 1.165) is 5.56 Å². The molecule has 2 nitrogen and oxygen atoms in total. The quantitative estimate of drug-likeness (QED) is 0.636. The van der Waals surface area contributed by atoms with Crippen LogP contribution >= 0.6 is 12.8 Å². The van der Waals surface area contributed by atoms with E-state index in [0.29, 0.717) is 5.56 Å². The van der Waals surface area contributed by atoms with Gasteiger partial charge in [-0.1, -0.05) is 18.9 Å². The third-order valence-electron chi connectivity index (χ3n) is 1.87. The van der Waals surface area contributed by atoms with E-state index in [1.54, 1.807) is 6.07 Å². The second-order valence-corrected chi connectivity index (χ2v) is 2.96. The second kappa shape index (κ2) is 3.63. The van der Waals surface area contributed by atoms with Gasteiger partial charge in [-0.15, -0.1) is 0 Å². The van der Waals surface area contributed by atoms with Crippen molar-refractivity contribution in [2.24, 2.45) is 0 Å². The van der Waals surface area contributed by atoms with Crippen molar-refractivity contribution in [1.29, 1.82) is 0 Å². The molecule has 0 bridgehead atoms. The maximum Gasteiger partial charge on any atom is 0.260 e. The summed E-state index contributed by atoms with van der Waals surface area (Å²) in [6.45, 7) is 3.99. The third kappa shape index (κ3) is 1.80. The summed E-state index contributed by atoms with van der Waals surface area (Å²) in [7, 11) is 0. The Labute approximate surface area is 77.5 Å². The minimum Gasteiger partial charge on any atom is -0.299 e. The summed E-state index contributed by atoms with van der Waals surface area (Å²) in [6.07, 6.45) is 0. The zero-order valence-corrected chi connectivity index (χ0v) is 7.98. The molecular formula is C9H11NOS. The van der Waals surface area contributed by atoms with Crippen molar-refractivity contribution in [3.8, 4) is 0 Å². The maximum atomic E-state index is 11.1. The smallest absolute Gasteiger partial charge is 0.260 e. The van der Waals surface area contributed by atoms with Crippen LogP contribution in [0.25, 0.3) is 0 Å². The third-order valence-corrected chi connectivity index (χ3v) is 2.07. The van der Waals surface area contributed by atoms with Crippen LogP contribution in [-0.4, -0.2) is 5.91 Å². The fraction of sp³-hybridized carbons (Fsp3) is 0.222. The zero-order valence-electron chi connectivity index (χ0n) is 7.09. The molecule has 64 valence electrons. The van der Waals surface area contributed by atoms with Gasteiger partial charge in [-0.25, -0.2) is 0 Å². The fourth-order valence-electron chi connectivity index (χ4n) is 0.947. The lowest BCUT2D eigenvalue weighted by Gasteiger charge is -2.02. The Hall–Kier alpha value is -0.960. The summed E-state index contributed by atoms with van der Waals surface area (Å²) in [5.74, 6) is -0.165. The molecule has 12 heavy (non-hydrogen) atoms. The minimum absolute atomic E-state index is 0.165. The number of hydrogen-bond donors (Lipinski definition) is 2. The minimum atomic E-state index is -0.165. The monoisotopic (exact) mass is 181 g/mol. The molecule has 0 saturated carbocycles. The standard InChI is InChI=1S/C9H11NOS/c1-6-3-4-8(5-7(6)2)9(11)10-12/h3-5,12H,1-2H3,(H,10,11). The first-order valence-corrected chi connectivity index (χ1v) is 4.11. The molecule has 3 heteroatoms. The van der Waals surface area contributed by atoms with Gasteiger partial charge in [0, 0.05) is 5.56 Å².